The molecule has 0 rings (SSSR count). The van der Waals surface area contributed by atoms with Crippen molar-refractivity contribution in [2.45, 2.75) is 59.8 Å². The highest BCUT2D eigenvalue weighted by molar-refractivity contribution is 7.74. The van der Waals surface area contributed by atoms with Crippen LogP contribution < -0.4 is 19.6 Å². The largest absolute Gasteiger partial charge is 0.807 e. The Labute approximate surface area is 144 Å². The average molecular weight is 376 g/mol. The van der Waals surface area contributed by atoms with E-state index in [1.165, 1.54) is 11.1 Å². The molecule has 0 heterocycles. The predicted octanol–water partition coefficient (Wildman–Crippen LogP) is 2.15. The summed E-state index contributed by atoms with van der Waals surface area (Å²) in [6.45, 7) is 7.95. The molecule has 0 aliphatic rings. The lowest BCUT2D eigenvalue weighted by atomic mass is 10.0. The highest BCUT2D eigenvalue weighted by atomic mass is 31.2. The van der Waals surface area contributed by atoms with Gasteiger partial charge in [-0.2, -0.15) is 0 Å². The van der Waals surface area contributed by atoms with Crippen LogP contribution in [0.3, 0.4) is 0 Å². The molecule has 0 N–H and O–H groups in total. The minimum atomic E-state index is -5.56. The molecule has 8 heteroatoms. The summed E-state index contributed by atoms with van der Waals surface area (Å²) >= 11 is 0. The molecule has 0 saturated carbocycles. The topological polar surface area (TPSA) is 126 Å². The summed E-state index contributed by atoms with van der Waals surface area (Å²) < 4.78 is 21.7. The third-order valence-corrected chi connectivity index (χ3v) is 6.46. The molecule has 140 valence electrons. The lowest BCUT2D eigenvalue weighted by Gasteiger charge is -2.43. The third kappa shape index (κ3) is 11.1. The van der Waals surface area contributed by atoms with Crippen LogP contribution in [0.25, 0.3) is 0 Å². The first kappa shape index (κ1) is 23.5. The van der Waals surface area contributed by atoms with E-state index in [0.717, 1.165) is 25.3 Å². The Morgan fingerprint density at radius 1 is 0.917 bits per heavy atom. The molecule has 0 bridgehead atoms. The number of hydrogen-bond donors (Lipinski definition) is 0. The summed E-state index contributed by atoms with van der Waals surface area (Å²) in [5, 5.41) is -1.52. The molecule has 0 aromatic carbocycles. The first-order chi connectivity index (χ1) is 10.8. The van der Waals surface area contributed by atoms with E-state index < -0.39 is 20.2 Å². The SMILES string of the molecule is CC(C)=CCC/C(C)=C\CCC(C)CC=C(P(=O)([O-])[O-])P(=O)([O-])[O-]. The molecule has 1 atom stereocenters. The lowest BCUT2D eigenvalue weighted by Crippen LogP contribution is -2.23. The maximum Gasteiger partial charge on any atom is -0.00974 e. The van der Waals surface area contributed by atoms with Crippen molar-refractivity contribution in [2.24, 2.45) is 5.92 Å². The zero-order chi connectivity index (χ0) is 19.0. The second-order valence-corrected chi connectivity index (χ2v) is 9.65. The van der Waals surface area contributed by atoms with Crippen molar-refractivity contribution in [1.29, 1.82) is 0 Å². The van der Waals surface area contributed by atoms with E-state index in [1.807, 2.05) is 27.7 Å². The zero-order valence-corrected chi connectivity index (χ0v) is 16.5. The fraction of sp³-hybridized carbons (Fsp3) is 0.625. The average Bonchev–Trinajstić information content (AvgIpc) is 2.34. The molecule has 0 spiro atoms. The molecule has 0 radical (unpaired) electrons. The van der Waals surface area contributed by atoms with Gasteiger partial charge in [0.25, 0.3) is 0 Å². The van der Waals surface area contributed by atoms with Crippen LogP contribution in [0, 0.1) is 5.92 Å². The Kier molecular flexibility index (Phi) is 10.3. The monoisotopic (exact) mass is 376 g/mol. The van der Waals surface area contributed by atoms with E-state index in [4.69, 9.17) is 0 Å². The Morgan fingerprint density at radius 2 is 1.46 bits per heavy atom. The summed E-state index contributed by atoms with van der Waals surface area (Å²) in [7, 11) is -11.1. The number of allylic oxidation sites excluding steroid dienone is 5. The van der Waals surface area contributed by atoms with Gasteiger partial charge in [0.2, 0.25) is 0 Å². The maximum atomic E-state index is 10.9. The van der Waals surface area contributed by atoms with Gasteiger partial charge in [-0.15, -0.1) is 0 Å². The standard InChI is InChI=1S/C16H30O6P2/c1-13(2)7-5-8-14(3)9-6-10-15(4)11-12-16(23(17,18)19)24(20,21)22/h7,9,12,15H,5-6,8,10-11H2,1-4H3,(H2,17,18,19)(H2,20,21,22)/p-4/b14-9-. The zero-order valence-electron chi connectivity index (χ0n) is 14.7. The minimum absolute atomic E-state index is 0.0417. The highest BCUT2D eigenvalue weighted by Crippen LogP contribution is 2.54. The molecular formula is C16H26O6P2-4. The van der Waals surface area contributed by atoms with Gasteiger partial charge in [-0.25, -0.2) is 0 Å². The van der Waals surface area contributed by atoms with Crippen LogP contribution in [0.2, 0.25) is 0 Å². The maximum absolute atomic E-state index is 10.9. The summed E-state index contributed by atoms with van der Waals surface area (Å²) in [5.74, 6) is -0.0417. The van der Waals surface area contributed by atoms with Gasteiger partial charge in [0, 0.05) is 0 Å². The normalized spacial score (nSPS) is 14.2. The molecule has 0 aliphatic heterocycles. The van der Waals surface area contributed by atoms with E-state index in [1.54, 1.807) is 0 Å². The van der Waals surface area contributed by atoms with Crippen molar-refractivity contribution in [3.63, 3.8) is 0 Å². The van der Waals surface area contributed by atoms with Crippen LogP contribution >= 0.6 is 15.2 Å². The van der Waals surface area contributed by atoms with Gasteiger partial charge >= 0.3 is 0 Å². The predicted molar refractivity (Wildman–Crippen MR) is 88.7 cm³/mol. The Bertz CT molecular complexity index is 551. The molecule has 0 aromatic heterocycles. The van der Waals surface area contributed by atoms with E-state index in [-0.39, 0.29) is 12.3 Å². The summed E-state index contributed by atoms with van der Waals surface area (Å²) in [6, 6.07) is 0. The van der Waals surface area contributed by atoms with Crippen molar-refractivity contribution in [3.05, 3.63) is 34.4 Å². The fourth-order valence-corrected chi connectivity index (χ4v) is 3.96. The molecule has 0 amide bonds. The Balaban J connectivity index is 4.51. The van der Waals surface area contributed by atoms with Gasteiger partial charge in [-0.05, 0) is 79.0 Å². The van der Waals surface area contributed by atoms with E-state index >= 15 is 0 Å². The molecule has 24 heavy (non-hydrogen) atoms. The lowest BCUT2D eigenvalue weighted by molar-refractivity contribution is -0.319. The second kappa shape index (κ2) is 10.5. The van der Waals surface area contributed by atoms with Gasteiger partial charge in [0.15, 0.2) is 0 Å². The second-order valence-electron chi connectivity index (χ2n) is 6.35. The highest BCUT2D eigenvalue weighted by Gasteiger charge is 2.08. The van der Waals surface area contributed by atoms with Crippen molar-refractivity contribution in [3.8, 4) is 0 Å². The smallest absolute Gasteiger partial charge is 0.00974 e. The molecule has 0 aromatic rings. The van der Waals surface area contributed by atoms with Gasteiger partial charge in [0.05, 0.1) is 0 Å². The van der Waals surface area contributed by atoms with E-state index in [0.29, 0.717) is 6.42 Å². The van der Waals surface area contributed by atoms with E-state index in [9.17, 15) is 28.7 Å². The summed E-state index contributed by atoms with van der Waals surface area (Å²) in [5.41, 5.74) is 2.53. The van der Waals surface area contributed by atoms with Crippen LogP contribution in [0.4, 0.5) is 0 Å². The van der Waals surface area contributed by atoms with Gasteiger partial charge in [-0.3, -0.25) is 0 Å². The van der Waals surface area contributed by atoms with Crippen LogP contribution in [0.1, 0.15) is 59.8 Å². The van der Waals surface area contributed by atoms with Gasteiger partial charge < -0.3 is 28.7 Å². The van der Waals surface area contributed by atoms with Crippen molar-refractivity contribution < 1.29 is 28.7 Å². The summed E-state index contributed by atoms with van der Waals surface area (Å²) in [4.78, 5) is 43.4. The van der Waals surface area contributed by atoms with E-state index in [2.05, 4.69) is 12.2 Å². The first-order valence-corrected chi connectivity index (χ1v) is 11.0. The number of rotatable bonds is 10. The summed E-state index contributed by atoms with van der Waals surface area (Å²) in [6.07, 6.45) is 8.49. The van der Waals surface area contributed by atoms with Crippen LogP contribution in [-0.2, 0) is 9.13 Å². The van der Waals surface area contributed by atoms with Crippen molar-refractivity contribution in [1.82, 2.24) is 0 Å². The number of hydrogen-bond acceptors (Lipinski definition) is 6. The van der Waals surface area contributed by atoms with Crippen molar-refractivity contribution in [2.75, 3.05) is 0 Å². The molecule has 0 fully saturated rings. The van der Waals surface area contributed by atoms with Crippen LogP contribution in [-0.4, -0.2) is 0 Å². The molecule has 1 unspecified atom stereocenters. The molecule has 6 nitrogen and oxygen atoms in total. The quantitative estimate of drug-likeness (QED) is 0.425. The van der Waals surface area contributed by atoms with Gasteiger partial charge in [0.1, 0.15) is 0 Å². The van der Waals surface area contributed by atoms with Crippen molar-refractivity contribution >= 4 is 15.2 Å². The minimum Gasteiger partial charge on any atom is -0.807 e. The van der Waals surface area contributed by atoms with Gasteiger partial charge in [-0.1, -0.05) is 36.3 Å². The fourth-order valence-electron chi connectivity index (χ4n) is 2.10. The van der Waals surface area contributed by atoms with Crippen LogP contribution in [0.5, 0.6) is 0 Å². The Hall–Kier alpha value is -0.480. The Morgan fingerprint density at radius 3 is 1.92 bits per heavy atom. The first-order valence-electron chi connectivity index (χ1n) is 7.88. The molecule has 0 saturated heterocycles. The molecule has 0 aliphatic carbocycles. The molecular weight excluding hydrogens is 350 g/mol. The van der Waals surface area contributed by atoms with Crippen LogP contribution in [0.15, 0.2) is 34.4 Å². The third-order valence-electron chi connectivity index (χ3n) is 3.51.